The fourth-order valence-corrected chi connectivity index (χ4v) is 2.76. The number of hydrogen-bond donors (Lipinski definition) is 0. The van der Waals surface area contributed by atoms with Gasteiger partial charge < -0.3 is 4.74 Å². The Balaban J connectivity index is 1.96. The summed E-state index contributed by atoms with van der Waals surface area (Å²) >= 11 is 0. The van der Waals surface area contributed by atoms with E-state index >= 15 is 0 Å². The van der Waals surface area contributed by atoms with Crippen LogP contribution in [0.25, 0.3) is 0 Å². The van der Waals surface area contributed by atoms with Gasteiger partial charge in [0.2, 0.25) is 0 Å². The van der Waals surface area contributed by atoms with Gasteiger partial charge >= 0.3 is 0 Å². The zero-order valence-corrected chi connectivity index (χ0v) is 9.75. The van der Waals surface area contributed by atoms with Gasteiger partial charge in [-0.05, 0) is 30.7 Å². The quantitative estimate of drug-likeness (QED) is 0.590. The number of piperidine rings is 1. The normalized spacial score (nSPS) is 35.4. The Morgan fingerprint density at radius 1 is 1.21 bits per heavy atom. The first-order chi connectivity index (χ1) is 6.57. The molecule has 82 valence electrons. The summed E-state index contributed by atoms with van der Waals surface area (Å²) in [4.78, 5) is 2.62. The first-order valence-electron chi connectivity index (χ1n) is 5.89. The van der Waals surface area contributed by atoms with E-state index in [0.29, 0.717) is 11.5 Å². The van der Waals surface area contributed by atoms with E-state index in [0.717, 1.165) is 25.7 Å². The molecule has 2 unspecified atom stereocenters. The third kappa shape index (κ3) is 2.12. The Morgan fingerprint density at radius 3 is 2.71 bits per heavy atom. The minimum atomic E-state index is 0.476. The molecule has 2 aliphatic heterocycles. The van der Waals surface area contributed by atoms with E-state index in [9.17, 15) is 0 Å². The van der Waals surface area contributed by atoms with Crippen LogP contribution in [0.4, 0.5) is 0 Å². The largest absolute Gasteiger partial charge is 0.378 e. The monoisotopic (exact) mass is 197 g/mol. The maximum atomic E-state index is 5.56. The standard InChI is InChI=1S/C12H23NO/c1-12(2,3)10-4-5-13-6-7-14-9-11(13)8-10/h10-11H,4-9H2,1-3H3. The van der Waals surface area contributed by atoms with Gasteiger partial charge in [-0.2, -0.15) is 0 Å². The first-order valence-corrected chi connectivity index (χ1v) is 5.89. The molecule has 2 rings (SSSR count). The molecule has 0 N–H and O–H groups in total. The first kappa shape index (κ1) is 10.4. The van der Waals surface area contributed by atoms with Crippen molar-refractivity contribution in [3.63, 3.8) is 0 Å². The molecule has 2 heterocycles. The maximum absolute atomic E-state index is 5.56. The second-order valence-corrected chi connectivity index (χ2v) is 5.85. The Morgan fingerprint density at radius 2 is 2.00 bits per heavy atom. The summed E-state index contributed by atoms with van der Waals surface area (Å²) in [5.74, 6) is 0.880. The fourth-order valence-electron chi connectivity index (χ4n) is 2.76. The van der Waals surface area contributed by atoms with Gasteiger partial charge in [0.05, 0.1) is 13.2 Å². The number of ether oxygens (including phenoxy) is 1. The number of nitrogens with zero attached hydrogens (tertiary/aromatic N) is 1. The van der Waals surface area contributed by atoms with Gasteiger partial charge in [0, 0.05) is 12.6 Å². The minimum absolute atomic E-state index is 0.476. The van der Waals surface area contributed by atoms with E-state index in [-0.39, 0.29) is 0 Å². The minimum Gasteiger partial charge on any atom is -0.378 e. The lowest BCUT2D eigenvalue weighted by Crippen LogP contribution is -2.51. The van der Waals surface area contributed by atoms with Gasteiger partial charge in [0.25, 0.3) is 0 Å². The molecule has 0 spiro atoms. The highest BCUT2D eigenvalue weighted by Crippen LogP contribution is 2.37. The molecule has 0 aromatic rings. The predicted molar refractivity (Wildman–Crippen MR) is 58.4 cm³/mol. The third-order valence-corrected chi connectivity index (χ3v) is 3.90. The SMILES string of the molecule is CC(C)(C)C1CCN2CCOCC2C1. The van der Waals surface area contributed by atoms with Crippen molar-refractivity contribution in [2.45, 2.75) is 39.7 Å². The van der Waals surface area contributed by atoms with Crippen LogP contribution in [0.15, 0.2) is 0 Å². The molecule has 14 heavy (non-hydrogen) atoms. The Kier molecular flexibility index (Phi) is 2.85. The summed E-state index contributed by atoms with van der Waals surface area (Å²) < 4.78 is 5.56. The molecular weight excluding hydrogens is 174 g/mol. The molecule has 0 saturated carbocycles. The Bertz CT molecular complexity index is 197. The molecule has 0 aromatic heterocycles. The molecule has 2 aliphatic rings. The van der Waals surface area contributed by atoms with Crippen molar-refractivity contribution >= 4 is 0 Å². The number of morpholine rings is 1. The van der Waals surface area contributed by atoms with Crippen LogP contribution in [0, 0.1) is 11.3 Å². The average Bonchev–Trinajstić information content (AvgIpc) is 2.16. The molecule has 2 saturated heterocycles. The van der Waals surface area contributed by atoms with Crippen LogP contribution in [-0.4, -0.2) is 37.2 Å². The summed E-state index contributed by atoms with van der Waals surface area (Å²) in [6.45, 7) is 11.5. The van der Waals surface area contributed by atoms with E-state index in [1.54, 1.807) is 0 Å². The smallest absolute Gasteiger partial charge is 0.0622 e. The van der Waals surface area contributed by atoms with Crippen molar-refractivity contribution in [1.29, 1.82) is 0 Å². The lowest BCUT2D eigenvalue weighted by Gasteiger charge is -2.45. The van der Waals surface area contributed by atoms with Gasteiger partial charge in [0.15, 0.2) is 0 Å². The van der Waals surface area contributed by atoms with Crippen LogP contribution in [0.2, 0.25) is 0 Å². The van der Waals surface area contributed by atoms with Gasteiger partial charge in [-0.15, -0.1) is 0 Å². The van der Waals surface area contributed by atoms with E-state index in [1.165, 1.54) is 19.4 Å². The second kappa shape index (κ2) is 3.82. The maximum Gasteiger partial charge on any atom is 0.0622 e. The van der Waals surface area contributed by atoms with Crippen molar-refractivity contribution in [2.24, 2.45) is 11.3 Å². The molecular formula is C12H23NO. The molecule has 0 aromatic carbocycles. The second-order valence-electron chi connectivity index (χ2n) is 5.85. The van der Waals surface area contributed by atoms with E-state index < -0.39 is 0 Å². The van der Waals surface area contributed by atoms with Crippen LogP contribution in [0.3, 0.4) is 0 Å². The summed E-state index contributed by atoms with van der Waals surface area (Å²) in [6.07, 6.45) is 2.71. The van der Waals surface area contributed by atoms with Crippen LogP contribution in [0.1, 0.15) is 33.6 Å². The summed E-state index contributed by atoms with van der Waals surface area (Å²) in [5, 5.41) is 0. The van der Waals surface area contributed by atoms with Crippen molar-refractivity contribution in [2.75, 3.05) is 26.3 Å². The topological polar surface area (TPSA) is 12.5 Å². The molecule has 0 aliphatic carbocycles. The Hall–Kier alpha value is -0.0800. The van der Waals surface area contributed by atoms with Crippen molar-refractivity contribution in [3.05, 3.63) is 0 Å². The number of rotatable bonds is 0. The van der Waals surface area contributed by atoms with E-state index in [4.69, 9.17) is 4.74 Å². The lowest BCUT2D eigenvalue weighted by atomic mass is 9.73. The van der Waals surface area contributed by atoms with E-state index in [1.807, 2.05) is 0 Å². The zero-order valence-electron chi connectivity index (χ0n) is 9.75. The molecule has 0 bridgehead atoms. The van der Waals surface area contributed by atoms with Crippen molar-refractivity contribution < 1.29 is 4.74 Å². The van der Waals surface area contributed by atoms with Gasteiger partial charge in [0.1, 0.15) is 0 Å². The Labute approximate surface area is 87.6 Å². The summed E-state index contributed by atoms with van der Waals surface area (Å²) in [6, 6.07) is 0.710. The number of fused-ring (bicyclic) bond motifs is 1. The molecule has 2 heteroatoms. The summed E-state index contributed by atoms with van der Waals surface area (Å²) in [7, 11) is 0. The zero-order chi connectivity index (χ0) is 10.2. The molecule has 0 amide bonds. The van der Waals surface area contributed by atoms with Crippen LogP contribution in [-0.2, 0) is 4.74 Å². The van der Waals surface area contributed by atoms with Crippen molar-refractivity contribution in [3.8, 4) is 0 Å². The highest BCUT2D eigenvalue weighted by molar-refractivity contribution is 4.88. The molecule has 0 radical (unpaired) electrons. The van der Waals surface area contributed by atoms with Crippen LogP contribution in [0.5, 0.6) is 0 Å². The third-order valence-electron chi connectivity index (χ3n) is 3.90. The van der Waals surface area contributed by atoms with Gasteiger partial charge in [-0.3, -0.25) is 4.90 Å². The predicted octanol–water partition coefficient (Wildman–Crippen LogP) is 2.14. The lowest BCUT2D eigenvalue weighted by molar-refractivity contribution is -0.0482. The molecule has 2 nitrogen and oxygen atoms in total. The van der Waals surface area contributed by atoms with Crippen molar-refractivity contribution in [1.82, 2.24) is 4.90 Å². The highest BCUT2D eigenvalue weighted by Gasteiger charge is 2.35. The fraction of sp³-hybridized carbons (Fsp3) is 1.00. The molecule has 2 fully saturated rings. The van der Waals surface area contributed by atoms with Gasteiger partial charge in [-0.25, -0.2) is 0 Å². The number of hydrogen-bond acceptors (Lipinski definition) is 2. The molecule has 2 atom stereocenters. The van der Waals surface area contributed by atoms with Crippen LogP contribution >= 0.6 is 0 Å². The van der Waals surface area contributed by atoms with E-state index in [2.05, 4.69) is 25.7 Å². The van der Waals surface area contributed by atoms with Crippen LogP contribution < -0.4 is 0 Å². The average molecular weight is 197 g/mol. The summed E-state index contributed by atoms with van der Waals surface area (Å²) in [5.41, 5.74) is 0.476. The highest BCUT2D eigenvalue weighted by atomic mass is 16.5. The van der Waals surface area contributed by atoms with Gasteiger partial charge in [-0.1, -0.05) is 20.8 Å².